The number of nitrogens with zero attached hydrogens (tertiary/aromatic N) is 2. The minimum absolute atomic E-state index is 0.0251. The van der Waals surface area contributed by atoms with Crippen LogP contribution in [0.3, 0.4) is 0 Å². The molecule has 0 radical (unpaired) electrons. The van der Waals surface area contributed by atoms with E-state index in [9.17, 15) is 13.6 Å². The van der Waals surface area contributed by atoms with E-state index in [1.807, 2.05) is 23.1 Å². The van der Waals surface area contributed by atoms with Crippen molar-refractivity contribution in [2.75, 3.05) is 18.1 Å². The molecule has 0 bridgehead atoms. The van der Waals surface area contributed by atoms with Crippen LogP contribution in [0.25, 0.3) is 0 Å². The van der Waals surface area contributed by atoms with E-state index < -0.39 is 6.61 Å². The van der Waals surface area contributed by atoms with E-state index in [1.165, 1.54) is 11.6 Å². The number of anilines is 1. The van der Waals surface area contributed by atoms with E-state index in [0.29, 0.717) is 31.5 Å². The molecule has 2 aliphatic rings. The van der Waals surface area contributed by atoms with Gasteiger partial charge >= 0.3 is 6.61 Å². The molecule has 0 aromatic heterocycles. The highest BCUT2D eigenvalue weighted by Crippen LogP contribution is 2.35. The first-order valence-corrected chi connectivity index (χ1v) is 10.8. The summed E-state index contributed by atoms with van der Waals surface area (Å²) in [5.41, 5.74) is 3.11. The van der Waals surface area contributed by atoms with E-state index in [0.717, 1.165) is 30.5 Å². The third-order valence-electron chi connectivity index (χ3n) is 5.79. The Morgan fingerprint density at radius 2 is 1.97 bits per heavy atom. The van der Waals surface area contributed by atoms with Crippen molar-refractivity contribution in [1.82, 2.24) is 4.90 Å². The van der Waals surface area contributed by atoms with Crippen LogP contribution in [-0.2, 0) is 17.8 Å². The molecular weight excluding hydrogens is 402 g/mol. The fourth-order valence-electron chi connectivity index (χ4n) is 4.30. The zero-order valence-corrected chi connectivity index (χ0v) is 17.9. The van der Waals surface area contributed by atoms with Crippen LogP contribution < -0.4 is 14.4 Å². The van der Waals surface area contributed by atoms with Crippen LogP contribution in [0.15, 0.2) is 42.5 Å². The van der Waals surface area contributed by atoms with Crippen LogP contribution in [0.5, 0.6) is 11.5 Å². The first-order chi connectivity index (χ1) is 15.0. The highest BCUT2D eigenvalue weighted by Gasteiger charge is 2.35. The maximum atomic E-state index is 13.3. The van der Waals surface area contributed by atoms with Crippen molar-refractivity contribution < 1.29 is 23.0 Å². The second-order valence-electron chi connectivity index (χ2n) is 8.17. The Balaban J connectivity index is 1.49. The van der Waals surface area contributed by atoms with Gasteiger partial charge in [-0.05, 0) is 62.4 Å². The summed E-state index contributed by atoms with van der Waals surface area (Å²) < 4.78 is 35.4. The third-order valence-corrected chi connectivity index (χ3v) is 5.79. The van der Waals surface area contributed by atoms with E-state index in [2.05, 4.69) is 22.6 Å². The first kappa shape index (κ1) is 21.6. The summed E-state index contributed by atoms with van der Waals surface area (Å²) >= 11 is 0. The number of hydrogen-bond donors (Lipinski definition) is 0. The highest BCUT2D eigenvalue weighted by molar-refractivity contribution is 5.97. The minimum atomic E-state index is -2.91. The van der Waals surface area contributed by atoms with Crippen LogP contribution in [0, 0.1) is 0 Å². The standard InChI is InChI=1S/C24H28F2N2O3/c1-3-30-22-13-17(8-11-21(22)31-24(25)26)14-27(19-9-10-19)15-23(29)28-16(2)12-18-6-4-5-7-20(18)28/h4-8,11,13,16,19,24H,3,9-10,12,14-15H2,1-2H3. The summed E-state index contributed by atoms with van der Waals surface area (Å²) in [5, 5.41) is 0. The second-order valence-corrected chi connectivity index (χ2v) is 8.17. The van der Waals surface area contributed by atoms with Crippen LogP contribution in [-0.4, -0.2) is 42.7 Å². The molecule has 0 spiro atoms. The largest absolute Gasteiger partial charge is 0.490 e. The topological polar surface area (TPSA) is 42.0 Å². The van der Waals surface area contributed by atoms with E-state index in [4.69, 9.17) is 4.74 Å². The molecule has 1 amide bonds. The van der Waals surface area contributed by atoms with Crippen LogP contribution in [0.1, 0.15) is 37.8 Å². The number of benzene rings is 2. The van der Waals surface area contributed by atoms with Gasteiger partial charge in [0, 0.05) is 24.3 Å². The number of halogens is 2. The molecule has 2 aromatic rings. The number of ether oxygens (including phenoxy) is 2. The molecule has 1 unspecified atom stereocenters. The lowest BCUT2D eigenvalue weighted by molar-refractivity contribution is -0.120. The lowest BCUT2D eigenvalue weighted by Gasteiger charge is -2.28. The van der Waals surface area contributed by atoms with Crippen LogP contribution in [0.4, 0.5) is 14.5 Å². The molecule has 1 aliphatic heterocycles. The quantitative estimate of drug-likeness (QED) is 0.582. The first-order valence-electron chi connectivity index (χ1n) is 10.8. The summed E-state index contributed by atoms with van der Waals surface area (Å²) in [7, 11) is 0. The summed E-state index contributed by atoms with van der Waals surface area (Å²) in [4.78, 5) is 17.3. The molecule has 5 nitrogen and oxygen atoms in total. The van der Waals surface area contributed by atoms with Crippen molar-refractivity contribution in [3.63, 3.8) is 0 Å². The van der Waals surface area contributed by atoms with Gasteiger partial charge in [-0.2, -0.15) is 8.78 Å². The third kappa shape index (κ3) is 4.98. The monoisotopic (exact) mass is 430 g/mol. The predicted octanol–water partition coefficient (Wildman–Crippen LogP) is 4.63. The van der Waals surface area contributed by atoms with Crippen molar-refractivity contribution in [1.29, 1.82) is 0 Å². The number of para-hydroxylation sites is 1. The average molecular weight is 430 g/mol. The number of fused-ring (bicyclic) bond motifs is 1. The van der Waals surface area contributed by atoms with Gasteiger partial charge in [-0.3, -0.25) is 9.69 Å². The molecule has 31 heavy (non-hydrogen) atoms. The van der Waals surface area contributed by atoms with Gasteiger partial charge in [0.2, 0.25) is 5.91 Å². The Morgan fingerprint density at radius 1 is 1.19 bits per heavy atom. The summed E-state index contributed by atoms with van der Waals surface area (Å²) in [6, 6.07) is 13.6. The molecule has 7 heteroatoms. The van der Waals surface area contributed by atoms with Crippen LogP contribution >= 0.6 is 0 Å². The normalized spacial score (nSPS) is 17.9. The van der Waals surface area contributed by atoms with Crippen molar-refractivity contribution in [2.24, 2.45) is 0 Å². The Kier molecular flexibility index (Phi) is 6.41. The molecule has 1 atom stereocenters. The fourth-order valence-corrected chi connectivity index (χ4v) is 4.30. The number of carbonyl (C=O) groups excluding carboxylic acids is 1. The van der Waals surface area contributed by atoms with Gasteiger partial charge in [0.15, 0.2) is 11.5 Å². The van der Waals surface area contributed by atoms with Gasteiger partial charge in [-0.15, -0.1) is 0 Å². The molecule has 0 saturated heterocycles. The fraction of sp³-hybridized carbons (Fsp3) is 0.458. The Morgan fingerprint density at radius 3 is 2.68 bits per heavy atom. The summed E-state index contributed by atoms with van der Waals surface area (Å²) in [5.74, 6) is 0.411. The number of rotatable bonds is 9. The molecule has 1 fully saturated rings. The molecule has 0 N–H and O–H groups in total. The second kappa shape index (κ2) is 9.22. The molecule has 1 saturated carbocycles. The van der Waals surface area contributed by atoms with Gasteiger partial charge in [0.1, 0.15) is 0 Å². The number of alkyl halides is 2. The molecular formula is C24H28F2N2O3. The minimum Gasteiger partial charge on any atom is -0.490 e. The Hall–Kier alpha value is -2.67. The Bertz CT molecular complexity index is 933. The van der Waals surface area contributed by atoms with Crippen LogP contribution in [0.2, 0.25) is 0 Å². The SMILES string of the molecule is CCOc1cc(CN(CC(=O)N2c3ccccc3CC2C)C2CC2)ccc1OC(F)F. The maximum Gasteiger partial charge on any atom is 0.387 e. The molecule has 4 rings (SSSR count). The van der Waals surface area contributed by atoms with E-state index in [-0.39, 0.29) is 17.7 Å². The van der Waals surface area contributed by atoms with Gasteiger partial charge in [0.25, 0.3) is 0 Å². The summed E-state index contributed by atoms with van der Waals surface area (Å²) in [6.45, 7) is 2.19. The zero-order valence-electron chi connectivity index (χ0n) is 17.9. The smallest absolute Gasteiger partial charge is 0.387 e. The van der Waals surface area contributed by atoms with E-state index >= 15 is 0 Å². The number of carbonyl (C=O) groups is 1. The summed E-state index contributed by atoms with van der Waals surface area (Å²) in [6.07, 6.45) is 2.99. The van der Waals surface area contributed by atoms with Crippen molar-refractivity contribution >= 4 is 11.6 Å². The van der Waals surface area contributed by atoms with Gasteiger partial charge in [0.05, 0.1) is 13.2 Å². The molecule has 2 aromatic carbocycles. The highest BCUT2D eigenvalue weighted by atomic mass is 19.3. The van der Waals surface area contributed by atoms with Crippen molar-refractivity contribution in [2.45, 2.75) is 58.3 Å². The van der Waals surface area contributed by atoms with Crippen molar-refractivity contribution in [3.8, 4) is 11.5 Å². The molecule has 1 aliphatic carbocycles. The zero-order chi connectivity index (χ0) is 22.0. The van der Waals surface area contributed by atoms with Crippen molar-refractivity contribution in [3.05, 3.63) is 53.6 Å². The molecule has 166 valence electrons. The lowest BCUT2D eigenvalue weighted by atomic mass is 10.1. The maximum absolute atomic E-state index is 13.3. The Labute approximate surface area is 181 Å². The van der Waals surface area contributed by atoms with Gasteiger partial charge in [-0.1, -0.05) is 24.3 Å². The lowest BCUT2D eigenvalue weighted by Crippen LogP contribution is -2.43. The van der Waals surface area contributed by atoms with E-state index in [1.54, 1.807) is 19.1 Å². The van der Waals surface area contributed by atoms with Gasteiger partial charge < -0.3 is 14.4 Å². The number of amides is 1. The average Bonchev–Trinajstić information content (AvgIpc) is 3.51. The predicted molar refractivity (Wildman–Crippen MR) is 115 cm³/mol. The molecule has 1 heterocycles. The van der Waals surface area contributed by atoms with Gasteiger partial charge in [-0.25, -0.2) is 0 Å². The number of hydrogen-bond acceptors (Lipinski definition) is 4.